The van der Waals surface area contributed by atoms with Crippen LogP contribution in [0.4, 0.5) is 0 Å². The van der Waals surface area contributed by atoms with Gasteiger partial charge in [0, 0.05) is 55.5 Å². The van der Waals surface area contributed by atoms with Crippen LogP contribution in [0.3, 0.4) is 0 Å². The fourth-order valence-corrected chi connectivity index (χ4v) is 23.5. The second-order valence-electron chi connectivity index (χ2n) is 38.8. The molecule has 0 bridgehead atoms. The third-order valence-corrected chi connectivity index (χ3v) is 30.3. The van der Waals surface area contributed by atoms with Crippen molar-refractivity contribution >= 4 is 75.4 Å². The van der Waals surface area contributed by atoms with Gasteiger partial charge in [-0.3, -0.25) is 0 Å². The van der Waals surface area contributed by atoms with Crippen LogP contribution < -0.4 is 0 Å². The first-order valence-electron chi connectivity index (χ1n) is 50.2. The van der Waals surface area contributed by atoms with Crippen molar-refractivity contribution in [1.82, 2.24) is 44.9 Å². The molecule has 0 unspecified atom stereocenters. The monoisotopic (exact) mass is 1870 g/mol. The summed E-state index contributed by atoms with van der Waals surface area (Å²) in [6.45, 7) is 4.63. The summed E-state index contributed by atoms with van der Waals surface area (Å²) in [6, 6.07) is 184. The molecule has 3 aliphatic rings. The fraction of sp³-hybridized carbons (Fsp3) is 0.0362. The summed E-state index contributed by atoms with van der Waals surface area (Å²) in [5, 5.41) is 16.4. The first-order chi connectivity index (χ1) is 72.6. The maximum atomic E-state index is 5.25. The molecule has 3 aliphatic carbocycles. The lowest BCUT2D eigenvalue weighted by Crippen LogP contribution is -2.28. The Kier molecular flexibility index (Phi) is 21.2. The zero-order valence-corrected chi connectivity index (χ0v) is 80.6. The lowest BCUT2D eigenvalue weighted by Gasteiger charge is -2.34. The van der Waals surface area contributed by atoms with E-state index >= 15 is 0 Å². The van der Waals surface area contributed by atoms with Crippen molar-refractivity contribution in [2.45, 2.75) is 30.1 Å². The summed E-state index contributed by atoms with van der Waals surface area (Å²) >= 11 is 0. The molecule has 0 atom stereocenters. The molecule has 0 radical (unpaired) electrons. The number of aromatic nitrogens is 9. The molecule has 0 N–H and O–H groups in total. The number of benzene rings is 23. The molecule has 0 spiro atoms. The van der Waals surface area contributed by atoms with Crippen LogP contribution in [-0.4, -0.2) is 44.9 Å². The predicted molar refractivity (Wildman–Crippen MR) is 603 cm³/mol. The van der Waals surface area contributed by atoms with Gasteiger partial charge in [0.25, 0.3) is 0 Å². The van der Waals surface area contributed by atoms with Gasteiger partial charge in [-0.25, -0.2) is 44.9 Å². The van der Waals surface area contributed by atoms with Crippen LogP contribution >= 0.6 is 0 Å². The smallest absolute Gasteiger partial charge is 0.164 e. The zero-order valence-electron chi connectivity index (χ0n) is 80.6. The van der Waals surface area contributed by atoms with E-state index in [4.69, 9.17) is 44.9 Å². The van der Waals surface area contributed by atoms with Crippen molar-refractivity contribution in [2.24, 2.45) is 0 Å². The lowest BCUT2D eigenvalue weighted by molar-refractivity contribution is 0.661. The van der Waals surface area contributed by atoms with E-state index in [1.54, 1.807) is 0 Å². The number of hydrogen-bond donors (Lipinski definition) is 0. The van der Waals surface area contributed by atoms with Crippen molar-refractivity contribution in [3.05, 3.63) is 571 Å². The van der Waals surface area contributed by atoms with Gasteiger partial charge in [0.1, 0.15) is 0 Å². The number of rotatable bonds is 13. The summed E-state index contributed by atoms with van der Waals surface area (Å²) in [7, 11) is 0. The van der Waals surface area contributed by atoms with Crippen molar-refractivity contribution in [3.63, 3.8) is 0 Å². The third kappa shape index (κ3) is 14.7. The molecule has 23 aromatic carbocycles. The SMILES string of the molecule is CC1(C)c2ccccc2-c2c1ccc1c(-c3nc(-c4ccccc4)nc(-c4ccccc4)n3)cccc21.c1ccc(-c2nc(-c3ccc4cc5c(cc4c3)-c3ccccc3C5(c3ccccc3)c3ccccc3)nc(-c3cc4ccccc4c4ccccc34)n2)cc1.c1ccc(-c2nc(-c3ccc4cc5c(cc4c3)C(c3ccccc3)(c3ccccc3)c3ccccc3-5)nc(-c3cccc4c3ccc3ccccc34)n2)cc1. The minimum atomic E-state index is -0.474. The van der Waals surface area contributed by atoms with Crippen LogP contribution in [0.25, 0.3) is 211 Å². The maximum absolute atomic E-state index is 5.25. The third-order valence-electron chi connectivity index (χ3n) is 30.3. The number of hydrogen-bond acceptors (Lipinski definition) is 9. The molecule has 147 heavy (non-hydrogen) atoms. The van der Waals surface area contributed by atoms with Gasteiger partial charge in [-0.1, -0.05) is 487 Å². The highest BCUT2D eigenvalue weighted by molar-refractivity contribution is 6.15. The molecule has 3 aromatic heterocycles. The molecule has 0 saturated heterocycles. The standard InChI is InChI=1S/2C52H33N3.C34H25N3/c1-4-16-34(17-5-1)49-53-50(55-51(54-49)46-31-36-18-10-11-23-41(36)42-24-12-13-25-43(42)46)37-29-28-35-33-48-45(32-38(35)30-37)44-26-14-15-27-47(44)52(48,39-19-6-2-7-20-39)40-21-8-3-9-22-40;1-4-16-35(17-5-1)49-53-50(55-51(54-49)45-25-14-24-42-41-22-11-10-15-34(41)29-30-43(42)45)37-28-27-36-32-46-44-23-12-13-26-47(44)52(39-18-6-2-7-19-39,40-20-8-3-9-21-40)48(46)33-38(36)31-37;1-34(2)28-19-10-9-16-27(28)30-25-17-11-18-26(24(25)20-21-29(30)34)33-36-31(22-12-5-3-6-13-22)35-32(37-33)23-14-7-4-8-15-23/h2*1-33H;3-21H,1-2H3. The molecule has 688 valence electrons. The Hall–Kier alpha value is -19.1. The molecule has 3 heterocycles. The van der Waals surface area contributed by atoms with E-state index in [0.29, 0.717) is 52.4 Å². The van der Waals surface area contributed by atoms with E-state index in [-0.39, 0.29) is 5.41 Å². The van der Waals surface area contributed by atoms with E-state index in [0.717, 1.165) is 82.4 Å². The minimum Gasteiger partial charge on any atom is -0.208 e. The second-order valence-corrected chi connectivity index (χ2v) is 38.8. The Morgan fingerprint density at radius 3 is 0.884 bits per heavy atom. The maximum Gasteiger partial charge on any atom is 0.164 e. The topological polar surface area (TPSA) is 116 Å². The first kappa shape index (κ1) is 87.0. The van der Waals surface area contributed by atoms with Crippen molar-refractivity contribution in [2.75, 3.05) is 0 Å². The average molecular weight is 1880 g/mol. The molecule has 0 saturated carbocycles. The van der Waals surface area contributed by atoms with Crippen LogP contribution in [0, 0.1) is 0 Å². The Labute approximate surface area is 851 Å². The summed E-state index contributed by atoms with van der Waals surface area (Å²) in [4.78, 5) is 45.9. The van der Waals surface area contributed by atoms with E-state index in [9.17, 15) is 0 Å². The lowest BCUT2D eigenvalue weighted by atomic mass is 9.67. The number of nitrogens with zero attached hydrogens (tertiary/aromatic N) is 9. The van der Waals surface area contributed by atoms with E-state index in [1.165, 1.54) is 132 Å². The van der Waals surface area contributed by atoms with Gasteiger partial charge >= 0.3 is 0 Å². The molecular formula is C138H91N9. The molecular weight excluding hydrogens is 1780 g/mol. The van der Waals surface area contributed by atoms with Gasteiger partial charge in [0.2, 0.25) is 0 Å². The van der Waals surface area contributed by atoms with Gasteiger partial charge in [-0.15, -0.1) is 0 Å². The molecule has 9 nitrogen and oxygen atoms in total. The normalized spacial score (nSPS) is 13.0. The Balaban J connectivity index is 0.000000111. The van der Waals surface area contributed by atoms with Gasteiger partial charge in [-0.2, -0.15) is 0 Å². The summed E-state index contributed by atoms with van der Waals surface area (Å²) in [6.07, 6.45) is 0. The molecule has 26 aromatic rings. The van der Waals surface area contributed by atoms with Crippen LogP contribution in [-0.2, 0) is 16.2 Å². The molecule has 9 heteroatoms. The summed E-state index contributed by atoms with van der Waals surface area (Å²) < 4.78 is 0. The van der Waals surface area contributed by atoms with Gasteiger partial charge in [-0.05, 0) is 207 Å². The predicted octanol–water partition coefficient (Wildman–Crippen LogP) is 33.7. The van der Waals surface area contributed by atoms with E-state index < -0.39 is 10.8 Å². The van der Waals surface area contributed by atoms with E-state index in [2.05, 4.69) is 432 Å². The summed E-state index contributed by atoms with van der Waals surface area (Å²) in [5.74, 6) is 5.93. The quantitative estimate of drug-likeness (QED) is 0.104. The highest BCUT2D eigenvalue weighted by atomic mass is 15.1. The van der Waals surface area contributed by atoms with Crippen LogP contribution in [0.1, 0.15) is 69.5 Å². The fourth-order valence-electron chi connectivity index (χ4n) is 23.5. The van der Waals surface area contributed by atoms with Gasteiger partial charge < -0.3 is 0 Å². The van der Waals surface area contributed by atoms with Gasteiger partial charge in [0.05, 0.1) is 10.8 Å². The molecule has 0 aliphatic heterocycles. The molecule has 0 amide bonds. The first-order valence-corrected chi connectivity index (χ1v) is 50.2. The number of fused-ring (bicyclic) bond motifs is 19. The zero-order chi connectivity index (χ0) is 97.7. The average Bonchev–Trinajstić information content (AvgIpc) is 1.54. The van der Waals surface area contributed by atoms with Crippen LogP contribution in [0.15, 0.2) is 516 Å². The van der Waals surface area contributed by atoms with Crippen LogP contribution in [0.5, 0.6) is 0 Å². The van der Waals surface area contributed by atoms with Gasteiger partial charge in [0.15, 0.2) is 52.4 Å². The van der Waals surface area contributed by atoms with Crippen LogP contribution in [0.2, 0.25) is 0 Å². The minimum absolute atomic E-state index is 0.0375. The summed E-state index contributed by atoms with van der Waals surface area (Å²) in [5.41, 5.74) is 28.4. The van der Waals surface area contributed by atoms with Crippen molar-refractivity contribution in [1.29, 1.82) is 0 Å². The Bertz CT molecular complexity index is 9550. The molecule has 0 fully saturated rings. The van der Waals surface area contributed by atoms with Crippen molar-refractivity contribution in [3.8, 4) is 136 Å². The molecule has 29 rings (SSSR count). The van der Waals surface area contributed by atoms with E-state index in [1.807, 2.05) is 97.1 Å². The van der Waals surface area contributed by atoms with Crippen molar-refractivity contribution < 1.29 is 0 Å². The highest BCUT2D eigenvalue weighted by Gasteiger charge is 2.48. The Morgan fingerprint density at radius 1 is 0.136 bits per heavy atom. The largest absolute Gasteiger partial charge is 0.208 e. The second kappa shape index (κ2) is 35.8. The highest BCUT2D eigenvalue weighted by Crippen LogP contribution is 2.60. The Morgan fingerprint density at radius 2 is 0.422 bits per heavy atom.